The molecular weight excluding hydrogens is 1330 g/mol. The molecule has 0 saturated heterocycles. The normalized spacial score (nSPS) is 14.9. The molecule has 19 heteroatoms. The molecule has 0 spiro atoms. The maximum absolute atomic E-state index is 13.1. The van der Waals surface area contributed by atoms with E-state index in [9.17, 15) is 43.2 Å². The lowest BCUT2D eigenvalue weighted by Gasteiger charge is -2.21. The summed E-state index contributed by atoms with van der Waals surface area (Å²) >= 11 is 0. The fourth-order valence-electron chi connectivity index (χ4n) is 9.45. The number of phosphoric ester groups is 2. The standard InChI is InChI=1S/C83H134O17P2/c1-5-9-13-17-21-25-29-33-36-37-38-39-42-45-48-52-56-60-64-68-81(86)94-74-79(100-83(88)70-66-62-58-54-50-46-41-35-31-27-23-19-15-11-7-3)76-98-102(91,92)96-72-77(84)71-95-101(89,90)97-75-78(99-82(87)69-65-61-57-53-49-43-32-28-24-20-16-12-8-4)73-93-80(85)67-63-59-55-51-47-44-40-34-30-26-22-18-14-10-6-2/h9-11,13-16,20-23,25-28,32-36,38-41,47,51,59,63,77-79,84H,5-8,12,17-19,24,29-31,37,42-46,48-50,52-58,60-62,64-76H2,1-4H3,(H,89,90)(H,91,92)/b13-9-,14-10-,15-11-,20-16-,25-21-,26-22-,27-23-,32-28-,36-33-,39-38-,40-34-,41-35-,51-47-,63-59-. The molecule has 5 unspecified atom stereocenters. The van der Waals surface area contributed by atoms with Gasteiger partial charge in [-0.1, -0.05) is 268 Å². The van der Waals surface area contributed by atoms with Crippen molar-refractivity contribution in [3.05, 3.63) is 170 Å². The van der Waals surface area contributed by atoms with Crippen LogP contribution in [0.3, 0.4) is 0 Å². The van der Waals surface area contributed by atoms with Crippen molar-refractivity contribution in [1.29, 1.82) is 0 Å². The molecule has 0 saturated carbocycles. The Bertz CT molecular complexity index is 2600. The third-order valence-corrected chi connectivity index (χ3v) is 17.1. The first kappa shape index (κ1) is 96.4. The van der Waals surface area contributed by atoms with Crippen LogP contribution in [0.2, 0.25) is 0 Å². The molecule has 578 valence electrons. The number of aliphatic hydroxyl groups is 1. The molecule has 0 aromatic rings. The summed E-state index contributed by atoms with van der Waals surface area (Å²) in [5.74, 6) is -2.39. The summed E-state index contributed by atoms with van der Waals surface area (Å²) in [6, 6.07) is 0. The van der Waals surface area contributed by atoms with Gasteiger partial charge in [-0.15, -0.1) is 0 Å². The molecule has 0 rings (SSSR count). The fraction of sp³-hybridized carbons (Fsp3) is 0.614. The van der Waals surface area contributed by atoms with E-state index in [1.54, 1.807) is 6.08 Å². The molecule has 0 radical (unpaired) electrons. The van der Waals surface area contributed by atoms with Gasteiger partial charge in [-0.05, 0) is 148 Å². The predicted octanol–water partition coefficient (Wildman–Crippen LogP) is 22.2. The number of carbonyl (C=O) groups is 4. The first-order valence-electron chi connectivity index (χ1n) is 38.4. The summed E-state index contributed by atoms with van der Waals surface area (Å²) in [5.41, 5.74) is 0. The zero-order valence-corrected chi connectivity index (χ0v) is 64.8. The van der Waals surface area contributed by atoms with Crippen LogP contribution in [0, 0.1) is 0 Å². The van der Waals surface area contributed by atoms with Gasteiger partial charge in [-0.2, -0.15) is 0 Å². The summed E-state index contributed by atoms with van der Waals surface area (Å²) in [6.45, 7) is 4.27. The van der Waals surface area contributed by atoms with Gasteiger partial charge >= 0.3 is 39.5 Å². The zero-order chi connectivity index (χ0) is 74.6. The van der Waals surface area contributed by atoms with Crippen LogP contribution in [0.15, 0.2) is 170 Å². The van der Waals surface area contributed by atoms with Gasteiger partial charge in [0.1, 0.15) is 19.3 Å². The molecule has 0 aliphatic heterocycles. The first-order chi connectivity index (χ1) is 49.7. The summed E-state index contributed by atoms with van der Waals surface area (Å²) in [6.07, 6.45) is 86.6. The topological polar surface area (TPSA) is 237 Å². The highest BCUT2D eigenvalue weighted by atomic mass is 31.2. The fourth-order valence-corrected chi connectivity index (χ4v) is 11.0. The highest BCUT2D eigenvalue weighted by Crippen LogP contribution is 2.45. The first-order valence-corrected chi connectivity index (χ1v) is 41.4. The van der Waals surface area contributed by atoms with Crippen molar-refractivity contribution in [3.8, 4) is 0 Å². The van der Waals surface area contributed by atoms with E-state index in [0.29, 0.717) is 25.7 Å². The number of hydrogen-bond acceptors (Lipinski definition) is 15. The third kappa shape index (κ3) is 72.8. The number of phosphoric acid groups is 2. The van der Waals surface area contributed by atoms with Gasteiger partial charge in [0.2, 0.25) is 0 Å². The molecular formula is C83H134O17P2. The molecule has 3 N–H and O–H groups in total. The molecule has 0 aliphatic rings. The van der Waals surface area contributed by atoms with E-state index in [0.717, 1.165) is 193 Å². The van der Waals surface area contributed by atoms with E-state index in [1.807, 2.05) is 18.2 Å². The van der Waals surface area contributed by atoms with E-state index in [1.165, 1.54) is 0 Å². The Balaban J connectivity index is 5.45. The number of carbonyl (C=O) groups excluding carboxylic acids is 4. The van der Waals surface area contributed by atoms with Gasteiger partial charge in [0.05, 0.1) is 32.8 Å². The third-order valence-electron chi connectivity index (χ3n) is 15.2. The van der Waals surface area contributed by atoms with Crippen LogP contribution in [-0.2, 0) is 65.4 Å². The summed E-state index contributed by atoms with van der Waals surface area (Å²) in [4.78, 5) is 72.8. The van der Waals surface area contributed by atoms with E-state index in [4.69, 9.17) is 37.0 Å². The van der Waals surface area contributed by atoms with Crippen molar-refractivity contribution >= 4 is 39.5 Å². The van der Waals surface area contributed by atoms with Gasteiger partial charge in [-0.3, -0.25) is 37.3 Å². The van der Waals surface area contributed by atoms with Gasteiger partial charge in [-0.25, -0.2) is 9.13 Å². The molecule has 0 bridgehead atoms. The molecule has 0 fully saturated rings. The molecule has 17 nitrogen and oxygen atoms in total. The number of esters is 4. The Labute approximate surface area is 616 Å². The zero-order valence-electron chi connectivity index (χ0n) is 63.0. The number of aliphatic hydroxyl groups excluding tert-OH is 1. The average molecular weight is 1470 g/mol. The van der Waals surface area contributed by atoms with Crippen molar-refractivity contribution < 1.29 is 80.2 Å². The molecule has 0 aromatic carbocycles. The van der Waals surface area contributed by atoms with Crippen LogP contribution in [0.5, 0.6) is 0 Å². The minimum Gasteiger partial charge on any atom is -0.462 e. The highest BCUT2D eigenvalue weighted by molar-refractivity contribution is 7.47. The van der Waals surface area contributed by atoms with E-state index in [-0.39, 0.29) is 25.7 Å². The number of unbranched alkanes of at least 4 members (excludes halogenated alkanes) is 17. The van der Waals surface area contributed by atoms with Crippen molar-refractivity contribution in [1.82, 2.24) is 0 Å². The summed E-state index contributed by atoms with van der Waals surface area (Å²) in [5, 5.41) is 10.6. The lowest BCUT2D eigenvalue weighted by Crippen LogP contribution is -2.30. The highest BCUT2D eigenvalue weighted by Gasteiger charge is 2.30. The minimum atomic E-state index is -5.01. The van der Waals surface area contributed by atoms with Crippen LogP contribution in [0.1, 0.15) is 272 Å². The molecule has 102 heavy (non-hydrogen) atoms. The van der Waals surface area contributed by atoms with E-state index >= 15 is 0 Å². The molecule has 0 amide bonds. The Kier molecular flexibility index (Phi) is 69.7. The Morgan fingerprint density at radius 3 is 0.873 bits per heavy atom. The summed E-state index contributed by atoms with van der Waals surface area (Å²) < 4.78 is 68.3. The summed E-state index contributed by atoms with van der Waals surface area (Å²) in [7, 11) is -10.0. The van der Waals surface area contributed by atoms with Crippen molar-refractivity contribution in [2.75, 3.05) is 39.6 Å². The lowest BCUT2D eigenvalue weighted by molar-refractivity contribution is -0.161. The molecule has 0 aliphatic carbocycles. The Hall–Kier alpha value is -5.58. The monoisotopic (exact) mass is 1460 g/mol. The van der Waals surface area contributed by atoms with Gasteiger partial charge in [0, 0.05) is 19.3 Å². The Morgan fingerprint density at radius 2 is 0.549 bits per heavy atom. The van der Waals surface area contributed by atoms with E-state index in [2.05, 4.69) is 174 Å². The largest absolute Gasteiger partial charge is 0.472 e. The minimum absolute atomic E-state index is 0.0531. The van der Waals surface area contributed by atoms with Gasteiger partial charge in [0.15, 0.2) is 12.2 Å². The number of hydrogen-bond donors (Lipinski definition) is 3. The van der Waals surface area contributed by atoms with Gasteiger partial charge < -0.3 is 33.8 Å². The average Bonchev–Trinajstić information content (AvgIpc) is 0.909. The van der Waals surface area contributed by atoms with Crippen LogP contribution >= 0.6 is 15.6 Å². The van der Waals surface area contributed by atoms with E-state index < -0.39 is 97.5 Å². The quantitative estimate of drug-likeness (QED) is 0.0169. The number of allylic oxidation sites excluding steroid dienone is 27. The molecule has 0 heterocycles. The molecule has 0 aromatic heterocycles. The molecule has 5 atom stereocenters. The van der Waals surface area contributed by atoms with Crippen LogP contribution in [0.4, 0.5) is 0 Å². The Morgan fingerprint density at radius 1 is 0.294 bits per heavy atom. The van der Waals surface area contributed by atoms with Crippen LogP contribution < -0.4 is 0 Å². The van der Waals surface area contributed by atoms with Crippen molar-refractivity contribution in [2.24, 2.45) is 0 Å². The SMILES string of the molecule is CC/C=C\C/C=C\C/C=C\C/C=C\C/C=C\CC(=O)OCC(COP(=O)(O)OCC(O)COP(=O)(O)OCC(COC(=O)CCCCCCCC/C=C\C/C=C\C/C=C\C/C=C\CC)OC(=O)CCCCCCC/C=C\C/C=C\C/C=C\CC)OC(=O)CCCCCCC/C=C\C/C=C\CCC. The second kappa shape index (κ2) is 73.7. The van der Waals surface area contributed by atoms with Crippen LogP contribution in [-0.4, -0.2) is 96.7 Å². The smallest absolute Gasteiger partial charge is 0.462 e. The van der Waals surface area contributed by atoms with Crippen molar-refractivity contribution in [2.45, 2.75) is 290 Å². The second-order valence-corrected chi connectivity index (χ2v) is 27.7. The second-order valence-electron chi connectivity index (χ2n) is 24.8. The van der Waals surface area contributed by atoms with Crippen LogP contribution in [0.25, 0.3) is 0 Å². The van der Waals surface area contributed by atoms with Crippen molar-refractivity contribution in [3.63, 3.8) is 0 Å². The number of rotatable bonds is 70. The maximum atomic E-state index is 13.1. The maximum Gasteiger partial charge on any atom is 0.472 e. The lowest BCUT2D eigenvalue weighted by atomic mass is 10.1. The number of ether oxygens (including phenoxy) is 4. The van der Waals surface area contributed by atoms with Gasteiger partial charge in [0.25, 0.3) is 0 Å². The predicted molar refractivity (Wildman–Crippen MR) is 417 cm³/mol.